The van der Waals surface area contributed by atoms with E-state index >= 15 is 0 Å². The minimum absolute atomic E-state index is 0.199. The molecule has 0 radical (unpaired) electrons. The summed E-state index contributed by atoms with van der Waals surface area (Å²) in [5, 5.41) is 7.83. The molecule has 0 fully saturated rings. The number of nitrogens with zero attached hydrogens (tertiary/aromatic N) is 1. The van der Waals surface area contributed by atoms with Crippen molar-refractivity contribution in [1.29, 1.82) is 5.26 Å². The molecule has 1 rings (SSSR count). The number of hydrogen-bond donors (Lipinski definition) is 0. The first-order chi connectivity index (χ1) is 9.65. The molecule has 1 aromatic rings. The lowest BCUT2D eigenvalue weighted by Gasteiger charge is -2.21. The number of esters is 1. The summed E-state index contributed by atoms with van der Waals surface area (Å²) >= 11 is 0. The van der Waals surface area contributed by atoms with Gasteiger partial charge in [0.1, 0.15) is 11.4 Å². The molecule has 0 aliphatic heterocycles. The molecule has 0 N–H and O–H groups in total. The number of carbonyl (C=O) groups is 1. The maximum Gasteiger partial charge on any atom is 0.321 e. The number of carbonyl (C=O) groups excluding carboxylic acids is 1. The number of rotatable bonds is 5. The Morgan fingerprint density at radius 1 is 1.29 bits per heavy atom. The van der Waals surface area contributed by atoms with Gasteiger partial charge < -0.3 is 4.74 Å². The van der Waals surface area contributed by atoms with Crippen LogP contribution in [0.3, 0.4) is 0 Å². The smallest absolute Gasteiger partial charge is 0.321 e. The minimum Gasteiger partial charge on any atom is -0.459 e. The normalized spacial score (nSPS) is 13.2. The van der Waals surface area contributed by atoms with Crippen LogP contribution in [0.1, 0.15) is 38.0 Å². The first-order valence-electron chi connectivity index (χ1n) is 6.51. The summed E-state index contributed by atoms with van der Waals surface area (Å²) in [5.74, 6) is -1.53. The molecule has 1 unspecified atom stereocenters. The van der Waals surface area contributed by atoms with Gasteiger partial charge in [0.25, 0.3) is 0 Å². The molecule has 0 spiro atoms. The van der Waals surface area contributed by atoms with E-state index in [1.807, 2.05) is 6.07 Å². The van der Waals surface area contributed by atoms with Gasteiger partial charge in [-0.05, 0) is 26.3 Å². The molecule has 0 saturated carbocycles. The SMILES string of the molecule is CC(C)(C)OC(=O)CS(=O)(=O)C(CC#N)c1ccccc1. The molecule has 0 aromatic heterocycles. The molecule has 0 amide bonds. The average Bonchev–Trinajstić information content (AvgIpc) is 2.33. The highest BCUT2D eigenvalue weighted by Gasteiger charge is 2.31. The summed E-state index contributed by atoms with van der Waals surface area (Å²) in [4.78, 5) is 11.7. The Bertz CT molecular complexity index is 624. The van der Waals surface area contributed by atoms with E-state index in [0.29, 0.717) is 5.56 Å². The van der Waals surface area contributed by atoms with Gasteiger partial charge in [0.05, 0.1) is 17.7 Å². The van der Waals surface area contributed by atoms with Crippen LogP contribution in [0.4, 0.5) is 0 Å². The van der Waals surface area contributed by atoms with Crippen LogP contribution in [0.15, 0.2) is 30.3 Å². The quantitative estimate of drug-likeness (QED) is 0.780. The predicted octanol–water partition coefficient (Wildman–Crippen LogP) is 2.40. The zero-order chi connectivity index (χ0) is 16.1. The van der Waals surface area contributed by atoms with Crippen LogP contribution >= 0.6 is 0 Å². The van der Waals surface area contributed by atoms with E-state index in [9.17, 15) is 13.2 Å². The van der Waals surface area contributed by atoms with E-state index in [1.165, 1.54) is 0 Å². The van der Waals surface area contributed by atoms with Gasteiger partial charge in [-0.2, -0.15) is 5.26 Å². The standard InChI is InChI=1S/C15H19NO4S/c1-15(2,3)20-14(17)11-21(18,19)13(9-10-16)12-7-5-4-6-8-12/h4-8,13H,9,11H2,1-3H3. The molecule has 1 aromatic carbocycles. The van der Waals surface area contributed by atoms with Crippen molar-refractivity contribution in [2.24, 2.45) is 0 Å². The molecule has 1 atom stereocenters. The van der Waals surface area contributed by atoms with Crippen LogP contribution in [-0.2, 0) is 19.4 Å². The van der Waals surface area contributed by atoms with Crippen LogP contribution in [0.5, 0.6) is 0 Å². The van der Waals surface area contributed by atoms with Crippen molar-refractivity contribution < 1.29 is 17.9 Å². The zero-order valence-corrected chi connectivity index (χ0v) is 13.2. The molecule has 0 aliphatic rings. The lowest BCUT2D eigenvalue weighted by molar-refractivity contribution is -0.151. The molecule has 114 valence electrons. The molecule has 0 heterocycles. The van der Waals surface area contributed by atoms with Crippen LogP contribution in [0, 0.1) is 11.3 Å². The van der Waals surface area contributed by atoms with Crippen molar-refractivity contribution >= 4 is 15.8 Å². The van der Waals surface area contributed by atoms with Gasteiger partial charge in [0.2, 0.25) is 0 Å². The monoisotopic (exact) mass is 309 g/mol. The van der Waals surface area contributed by atoms with Gasteiger partial charge in [-0.1, -0.05) is 30.3 Å². The van der Waals surface area contributed by atoms with Crippen LogP contribution in [0.2, 0.25) is 0 Å². The number of ether oxygens (including phenoxy) is 1. The van der Waals surface area contributed by atoms with Crippen molar-refractivity contribution in [3.05, 3.63) is 35.9 Å². The van der Waals surface area contributed by atoms with Gasteiger partial charge in [0.15, 0.2) is 9.84 Å². The summed E-state index contributed by atoms with van der Waals surface area (Å²) < 4.78 is 29.8. The summed E-state index contributed by atoms with van der Waals surface area (Å²) in [5.41, 5.74) is -0.244. The fourth-order valence-corrected chi connectivity index (χ4v) is 3.33. The van der Waals surface area contributed by atoms with Gasteiger partial charge >= 0.3 is 5.97 Å². The highest BCUT2D eigenvalue weighted by molar-refractivity contribution is 7.92. The van der Waals surface area contributed by atoms with E-state index in [0.717, 1.165) is 0 Å². The second-order valence-corrected chi connectivity index (χ2v) is 7.84. The van der Waals surface area contributed by atoms with E-state index in [-0.39, 0.29) is 6.42 Å². The maximum absolute atomic E-state index is 12.4. The molecule has 0 bridgehead atoms. The molecular weight excluding hydrogens is 290 g/mol. The van der Waals surface area contributed by atoms with E-state index < -0.39 is 32.4 Å². The summed E-state index contributed by atoms with van der Waals surface area (Å²) in [6.45, 7) is 5.00. The average molecular weight is 309 g/mol. The van der Waals surface area contributed by atoms with Crippen molar-refractivity contribution in [2.45, 2.75) is 38.0 Å². The fraction of sp³-hybridized carbons (Fsp3) is 0.467. The van der Waals surface area contributed by atoms with E-state index in [1.54, 1.807) is 51.1 Å². The zero-order valence-electron chi connectivity index (χ0n) is 12.4. The largest absolute Gasteiger partial charge is 0.459 e. The Kier molecular flexibility index (Phi) is 5.50. The lowest BCUT2D eigenvalue weighted by atomic mass is 10.1. The molecule has 0 aliphatic carbocycles. The van der Waals surface area contributed by atoms with E-state index in [2.05, 4.69) is 0 Å². The summed E-state index contributed by atoms with van der Waals surface area (Å²) in [6, 6.07) is 10.3. The van der Waals surface area contributed by atoms with Crippen LogP contribution in [-0.4, -0.2) is 25.7 Å². The Labute approximate surface area is 125 Å². The first kappa shape index (κ1) is 17.2. The summed E-state index contributed by atoms with van der Waals surface area (Å²) in [7, 11) is -3.81. The van der Waals surface area contributed by atoms with Crippen molar-refractivity contribution in [2.75, 3.05) is 5.75 Å². The van der Waals surface area contributed by atoms with Crippen LogP contribution < -0.4 is 0 Å². The molecule has 5 nitrogen and oxygen atoms in total. The van der Waals surface area contributed by atoms with Gasteiger partial charge in [-0.25, -0.2) is 8.42 Å². The topological polar surface area (TPSA) is 84.2 Å². The highest BCUT2D eigenvalue weighted by atomic mass is 32.2. The Hall–Kier alpha value is -1.87. The highest BCUT2D eigenvalue weighted by Crippen LogP contribution is 2.26. The second-order valence-electron chi connectivity index (χ2n) is 5.66. The van der Waals surface area contributed by atoms with Crippen LogP contribution in [0.25, 0.3) is 0 Å². The van der Waals surface area contributed by atoms with Gasteiger partial charge in [-0.3, -0.25) is 4.79 Å². The number of hydrogen-bond acceptors (Lipinski definition) is 5. The van der Waals surface area contributed by atoms with Crippen molar-refractivity contribution in [1.82, 2.24) is 0 Å². The maximum atomic E-state index is 12.4. The molecule has 0 saturated heterocycles. The third-order valence-electron chi connectivity index (χ3n) is 2.62. The Morgan fingerprint density at radius 2 is 1.86 bits per heavy atom. The third kappa shape index (κ3) is 5.56. The molecule has 21 heavy (non-hydrogen) atoms. The first-order valence-corrected chi connectivity index (χ1v) is 8.22. The minimum atomic E-state index is -3.81. The molecule has 6 heteroatoms. The van der Waals surface area contributed by atoms with Crippen molar-refractivity contribution in [3.8, 4) is 6.07 Å². The lowest BCUT2D eigenvalue weighted by Crippen LogP contribution is -2.30. The number of benzene rings is 1. The number of sulfone groups is 1. The predicted molar refractivity (Wildman–Crippen MR) is 79.0 cm³/mol. The fourth-order valence-electron chi connectivity index (χ4n) is 1.84. The van der Waals surface area contributed by atoms with Crippen molar-refractivity contribution in [3.63, 3.8) is 0 Å². The number of nitriles is 1. The molecular formula is C15H19NO4S. The third-order valence-corrected chi connectivity index (χ3v) is 4.56. The van der Waals surface area contributed by atoms with E-state index in [4.69, 9.17) is 10.00 Å². The summed E-state index contributed by atoms with van der Waals surface area (Å²) in [6.07, 6.45) is -0.199. The van der Waals surface area contributed by atoms with Gasteiger partial charge in [0, 0.05) is 0 Å². The Balaban J connectivity index is 2.97. The second kappa shape index (κ2) is 6.72. The van der Waals surface area contributed by atoms with Gasteiger partial charge in [-0.15, -0.1) is 0 Å². The Morgan fingerprint density at radius 3 is 2.33 bits per heavy atom.